The molecule has 2 aromatic carbocycles. The summed E-state index contributed by atoms with van der Waals surface area (Å²) in [5, 5.41) is 2.41. The fraction of sp³-hybridized carbons (Fsp3) is 0.367. The molecule has 2 aliphatic rings. The lowest BCUT2D eigenvalue weighted by molar-refractivity contribution is -0.223. The average molecular weight is 622 g/mol. The quantitative estimate of drug-likeness (QED) is 0.351. The molecule has 1 fully saturated rings. The van der Waals surface area contributed by atoms with Crippen molar-refractivity contribution < 1.29 is 36.6 Å². The zero-order valence-electron chi connectivity index (χ0n) is 22.8. The number of benzene rings is 2. The molecule has 3 N–H and O–H groups in total. The number of carbonyl (C=O) groups excluding carboxylic acids is 2. The lowest BCUT2D eigenvalue weighted by atomic mass is 9.91. The van der Waals surface area contributed by atoms with E-state index in [4.69, 9.17) is 26.8 Å². The highest BCUT2D eigenvalue weighted by Gasteiger charge is 2.42. The van der Waals surface area contributed by atoms with Gasteiger partial charge in [-0.1, -0.05) is 17.7 Å². The molecule has 0 saturated carbocycles. The maximum atomic E-state index is 15.4. The number of nitrogens with zero attached hydrogens (tertiary/aromatic N) is 1. The minimum atomic E-state index is -4.75. The van der Waals surface area contributed by atoms with Gasteiger partial charge in [-0.2, -0.15) is 13.2 Å². The van der Waals surface area contributed by atoms with Crippen molar-refractivity contribution in [2.45, 2.75) is 63.1 Å². The minimum Gasteiger partial charge on any atom is -0.378 e. The number of amides is 2. The van der Waals surface area contributed by atoms with Crippen LogP contribution in [0.2, 0.25) is 5.02 Å². The standard InChI is InChI=1S/C30H28ClF4N3O5/c31-22-9-6-17-11-24(30(33,34)35)43-15-18-14-38(25(39)13-21(18)26(17)27(22)32)23(12-20-3-1-2-10-42-20)29(41)37-19-7-4-16(5-8-19)28(36)40/h4-9,13-14,20,23-24H,1-3,10-12,15H2,(H2,36,40)(H,37,41)/t20-,23-,24?/m0/s1. The van der Waals surface area contributed by atoms with Gasteiger partial charge >= 0.3 is 6.18 Å². The number of nitrogens with two attached hydrogens (primary N) is 1. The molecule has 1 unspecified atom stereocenters. The Balaban J connectivity index is 1.58. The van der Waals surface area contributed by atoms with Gasteiger partial charge in [0.05, 0.1) is 17.7 Å². The first-order chi connectivity index (χ1) is 20.4. The van der Waals surface area contributed by atoms with Crippen LogP contribution in [0.4, 0.5) is 23.2 Å². The molecule has 3 aromatic rings. The predicted molar refractivity (Wildman–Crippen MR) is 150 cm³/mol. The van der Waals surface area contributed by atoms with Gasteiger partial charge in [0.15, 0.2) is 6.10 Å². The third kappa shape index (κ3) is 6.76. The number of anilines is 1. The molecule has 0 bridgehead atoms. The third-order valence-corrected chi connectivity index (χ3v) is 7.95. The van der Waals surface area contributed by atoms with E-state index < -0.39 is 54.5 Å². The topological polar surface area (TPSA) is 113 Å². The van der Waals surface area contributed by atoms with Gasteiger partial charge in [0, 0.05) is 54.1 Å². The summed E-state index contributed by atoms with van der Waals surface area (Å²) in [5.41, 5.74) is 5.03. The number of halogens is 5. The van der Waals surface area contributed by atoms with Gasteiger partial charge in [-0.05, 0) is 60.7 Å². The highest BCUT2D eigenvalue weighted by atomic mass is 35.5. The molecule has 3 heterocycles. The Hall–Kier alpha value is -3.74. The van der Waals surface area contributed by atoms with Crippen molar-refractivity contribution in [1.29, 1.82) is 0 Å². The number of alkyl halides is 3. The number of aromatic nitrogens is 1. The van der Waals surface area contributed by atoms with E-state index in [1.807, 2.05) is 0 Å². The van der Waals surface area contributed by atoms with Gasteiger partial charge in [-0.3, -0.25) is 14.4 Å². The van der Waals surface area contributed by atoms with Crippen LogP contribution in [0.3, 0.4) is 0 Å². The van der Waals surface area contributed by atoms with Gasteiger partial charge in [0.25, 0.3) is 5.56 Å². The fourth-order valence-electron chi connectivity index (χ4n) is 5.43. The summed E-state index contributed by atoms with van der Waals surface area (Å²) in [6.07, 6.45) is -4.34. The number of pyridine rings is 1. The molecule has 0 aliphatic carbocycles. The van der Waals surface area contributed by atoms with E-state index in [2.05, 4.69) is 5.32 Å². The molecule has 3 atom stereocenters. The van der Waals surface area contributed by atoms with Crippen LogP contribution in [0.15, 0.2) is 53.5 Å². The van der Waals surface area contributed by atoms with Crippen LogP contribution >= 0.6 is 11.6 Å². The Morgan fingerprint density at radius 1 is 1.09 bits per heavy atom. The van der Waals surface area contributed by atoms with E-state index >= 15 is 4.39 Å². The van der Waals surface area contributed by atoms with E-state index in [1.54, 1.807) is 0 Å². The zero-order valence-corrected chi connectivity index (χ0v) is 23.5. The van der Waals surface area contributed by atoms with Crippen molar-refractivity contribution in [2.24, 2.45) is 5.73 Å². The lowest BCUT2D eigenvalue weighted by Gasteiger charge is -2.29. The van der Waals surface area contributed by atoms with Crippen LogP contribution in [-0.4, -0.2) is 41.4 Å². The van der Waals surface area contributed by atoms with Crippen molar-refractivity contribution in [2.75, 3.05) is 11.9 Å². The van der Waals surface area contributed by atoms with Crippen molar-refractivity contribution in [3.8, 4) is 11.1 Å². The number of carbonyl (C=O) groups is 2. The Bertz CT molecular complexity index is 1590. The summed E-state index contributed by atoms with van der Waals surface area (Å²) in [6.45, 7) is -0.121. The van der Waals surface area contributed by atoms with Crippen LogP contribution < -0.4 is 16.6 Å². The smallest absolute Gasteiger partial charge is 0.378 e. The Labute approximate surface area is 248 Å². The molecular formula is C30H28ClF4N3O5. The summed E-state index contributed by atoms with van der Waals surface area (Å²) in [4.78, 5) is 38.7. The second-order valence-electron chi connectivity index (χ2n) is 10.6. The molecule has 0 radical (unpaired) electrons. The highest BCUT2D eigenvalue weighted by Crippen LogP contribution is 2.39. The second-order valence-corrected chi connectivity index (χ2v) is 11.0. The number of nitrogens with one attached hydrogen (secondary N) is 1. The fourth-order valence-corrected chi connectivity index (χ4v) is 5.58. The number of rotatable bonds is 6. The summed E-state index contributed by atoms with van der Waals surface area (Å²) in [5.74, 6) is -2.20. The van der Waals surface area contributed by atoms with Crippen molar-refractivity contribution in [1.82, 2.24) is 4.57 Å². The predicted octanol–water partition coefficient (Wildman–Crippen LogP) is 5.55. The molecule has 2 amide bonds. The molecule has 13 heteroatoms. The average Bonchev–Trinajstić information content (AvgIpc) is 2.95. The molecule has 1 saturated heterocycles. The largest absolute Gasteiger partial charge is 0.414 e. The summed E-state index contributed by atoms with van der Waals surface area (Å²) in [6, 6.07) is 8.20. The van der Waals surface area contributed by atoms with Crippen LogP contribution in [-0.2, 0) is 27.3 Å². The van der Waals surface area contributed by atoms with Gasteiger partial charge in [-0.15, -0.1) is 0 Å². The van der Waals surface area contributed by atoms with E-state index in [9.17, 15) is 27.6 Å². The lowest BCUT2D eigenvalue weighted by Crippen LogP contribution is -2.38. The Morgan fingerprint density at radius 3 is 2.49 bits per heavy atom. The van der Waals surface area contributed by atoms with E-state index in [0.29, 0.717) is 18.7 Å². The van der Waals surface area contributed by atoms with Crippen molar-refractivity contribution in [3.63, 3.8) is 0 Å². The summed E-state index contributed by atoms with van der Waals surface area (Å²) in [7, 11) is 0. The van der Waals surface area contributed by atoms with Gasteiger partial charge in [0.1, 0.15) is 11.9 Å². The molecule has 1 aromatic heterocycles. The number of ether oxygens (including phenoxy) is 2. The molecular weight excluding hydrogens is 594 g/mol. The maximum Gasteiger partial charge on any atom is 0.414 e. The first-order valence-corrected chi connectivity index (χ1v) is 14.0. The van der Waals surface area contributed by atoms with Crippen molar-refractivity contribution in [3.05, 3.63) is 86.5 Å². The molecule has 5 rings (SSSR count). The van der Waals surface area contributed by atoms with Crippen LogP contribution in [0.1, 0.15) is 53.2 Å². The maximum absolute atomic E-state index is 15.4. The SMILES string of the molecule is NC(=O)c1ccc(NC(=O)[C@H](C[C@@H]2CCCCO2)n2cc3c(cc2=O)-c2c(ccc(Cl)c2F)CC(C(F)(F)F)OC3)cc1. The Morgan fingerprint density at radius 2 is 1.84 bits per heavy atom. The van der Waals surface area contributed by atoms with E-state index in [1.165, 1.54) is 36.5 Å². The number of hydrogen-bond acceptors (Lipinski definition) is 5. The van der Waals surface area contributed by atoms with E-state index in [0.717, 1.165) is 29.5 Å². The first-order valence-electron chi connectivity index (χ1n) is 13.7. The number of hydrogen-bond donors (Lipinski definition) is 2. The van der Waals surface area contributed by atoms with E-state index in [-0.39, 0.29) is 45.4 Å². The van der Waals surface area contributed by atoms with Gasteiger partial charge < -0.3 is 25.1 Å². The molecule has 228 valence electrons. The minimum absolute atomic E-state index is 0.0216. The second kappa shape index (κ2) is 12.5. The Kier molecular flexibility index (Phi) is 8.91. The summed E-state index contributed by atoms with van der Waals surface area (Å²) >= 11 is 6.00. The number of primary amides is 1. The highest BCUT2D eigenvalue weighted by molar-refractivity contribution is 6.31. The van der Waals surface area contributed by atoms with Crippen molar-refractivity contribution >= 4 is 29.1 Å². The van der Waals surface area contributed by atoms with Crippen LogP contribution in [0.25, 0.3) is 11.1 Å². The molecule has 8 nitrogen and oxygen atoms in total. The van der Waals surface area contributed by atoms with Gasteiger partial charge in [-0.25, -0.2) is 4.39 Å². The van der Waals surface area contributed by atoms with Gasteiger partial charge in [0.2, 0.25) is 11.8 Å². The third-order valence-electron chi connectivity index (χ3n) is 7.66. The van der Waals surface area contributed by atoms with Crippen LogP contribution in [0.5, 0.6) is 0 Å². The summed E-state index contributed by atoms with van der Waals surface area (Å²) < 4.78 is 69.0. The molecule has 2 aliphatic heterocycles. The zero-order chi connectivity index (χ0) is 30.9. The van der Waals surface area contributed by atoms with Crippen LogP contribution in [0, 0.1) is 5.82 Å². The number of fused-ring (bicyclic) bond motifs is 3. The first kappa shape index (κ1) is 30.7. The molecule has 43 heavy (non-hydrogen) atoms. The molecule has 0 spiro atoms. The normalized spacial score (nSPS) is 19.4. The monoisotopic (exact) mass is 621 g/mol.